The lowest BCUT2D eigenvalue weighted by atomic mass is 9.90. The van der Waals surface area contributed by atoms with Crippen molar-refractivity contribution in [2.24, 2.45) is 0 Å². The number of nitrogens with one attached hydrogen (secondary N) is 1. The van der Waals surface area contributed by atoms with Crippen LogP contribution in [0, 0.1) is 0 Å². The summed E-state index contributed by atoms with van der Waals surface area (Å²) in [5.41, 5.74) is 9.18. The minimum Gasteiger partial charge on any atom is -0.483 e. The number of benzene rings is 6. The zero-order valence-corrected chi connectivity index (χ0v) is 35.8. The molecular formula is C59H50N4O. The maximum atomic E-state index is 6.76. The van der Waals surface area contributed by atoms with Crippen molar-refractivity contribution in [2.45, 2.75) is 12.1 Å². The van der Waals surface area contributed by atoms with Crippen molar-refractivity contribution in [3.05, 3.63) is 260 Å². The molecule has 0 radical (unpaired) electrons. The molecule has 64 heavy (non-hydrogen) atoms. The fourth-order valence-electron chi connectivity index (χ4n) is 7.27. The van der Waals surface area contributed by atoms with Crippen molar-refractivity contribution in [3.63, 3.8) is 0 Å². The van der Waals surface area contributed by atoms with E-state index < -0.39 is 0 Å². The summed E-state index contributed by atoms with van der Waals surface area (Å²) in [4.78, 5) is 15.0. The molecule has 6 aromatic carbocycles. The Morgan fingerprint density at radius 2 is 1.25 bits per heavy atom. The van der Waals surface area contributed by atoms with Crippen LogP contribution in [0.25, 0.3) is 70.4 Å². The molecule has 9 rings (SSSR count). The summed E-state index contributed by atoms with van der Waals surface area (Å²) >= 11 is 0. The van der Waals surface area contributed by atoms with Crippen molar-refractivity contribution in [3.8, 4) is 39.7 Å². The van der Waals surface area contributed by atoms with E-state index in [0.717, 1.165) is 66.4 Å². The van der Waals surface area contributed by atoms with Gasteiger partial charge in [0.2, 0.25) is 0 Å². The first kappa shape index (κ1) is 43.7. The molecule has 2 heterocycles. The number of nitrogens with zero attached hydrogens (tertiary/aromatic N) is 3. The zero-order chi connectivity index (χ0) is 44.5. The number of allylic oxidation sites excluding steroid dienone is 7. The third-order valence-electron chi connectivity index (χ3n) is 10.4. The maximum Gasteiger partial charge on any atom is 0.164 e. The fraction of sp³-hybridized carbons (Fsp3) is 0.0339. The molecular weight excluding hydrogens is 781 g/mol. The molecule has 2 unspecified atom stereocenters. The molecule has 1 N–H and O–H groups in total. The Balaban J connectivity index is 0.000000547. The van der Waals surface area contributed by atoms with Crippen molar-refractivity contribution in [2.75, 3.05) is 5.32 Å². The van der Waals surface area contributed by atoms with Crippen LogP contribution in [-0.4, -0.2) is 27.1 Å². The highest BCUT2D eigenvalue weighted by atomic mass is 16.5. The lowest BCUT2D eigenvalue weighted by Crippen LogP contribution is -2.36. The molecule has 5 nitrogen and oxygen atoms in total. The van der Waals surface area contributed by atoms with Gasteiger partial charge in [-0.3, -0.25) is 0 Å². The topological polar surface area (TPSA) is 59.9 Å². The zero-order valence-electron chi connectivity index (χ0n) is 35.8. The summed E-state index contributed by atoms with van der Waals surface area (Å²) in [6.45, 7) is 18.7. The molecule has 0 saturated heterocycles. The van der Waals surface area contributed by atoms with Gasteiger partial charge in [0.05, 0.1) is 6.04 Å². The van der Waals surface area contributed by atoms with Crippen LogP contribution >= 0.6 is 0 Å². The van der Waals surface area contributed by atoms with Gasteiger partial charge in [-0.25, -0.2) is 15.0 Å². The van der Waals surface area contributed by atoms with E-state index in [1.807, 2.05) is 127 Å². The van der Waals surface area contributed by atoms with E-state index in [4.69, 9.17) is 19.7 Å². The summed E-state index contributed by atoms with van der Waals surface area (Å²) in [5, 5.41) is 5.78. The highest BCUT2D eigenvalue weighted by molar-refractivity contribution is 5.90. The van der Waals surface area contributed by atoms with E-state index in [1.54, 1.807) is 18.2 Å². The molecule has 0 bridgehead atoms. The van der Waals surface area contributed by atoms with Crippen LogP contribution in [0.15, 0.2) is 227 Å². The number of para-hydroxylation sites is 1. The molecule has 0 amide bonds. The van der Waals surface area contributed by atoms with Gasteiger partial charge in [0, 0.05) is 33.5 Å². The second-order valence-corrected chi connectivity index (χ2v) is 14.7. The van der Waals surface area contributed by atoms with Gasteiger partial charge >= 0.3 is 0 Å². The second-order valence-electron chi connectivity index (χ2n) is 14.7. The molecule has 1 aliphatic heterocycles. The molecule has 312 valence electrons. The van der Waals surface area contributed by atoms with E-state index in [2.05, 4.69) is 117 Å². The number of anilines is 1. The lowest BCUT2D eigenvalue weighted by Gasteiger charge is -2.27. The Morgan fingerprint density at radius 1 is 0.578 bits per heavy atom. The first-order valence-corrected chi connectivity index (χ1v) is 21.1. The van der Waals surface area contributed by atoms with Gasteiger partial charge in [0.25, 0.3) is 0 Å². The molecule has 2 aliphatic rings. The Bertz CT molecular complexity index is 2980. The molecule has 1 aliphatic carbocycles. The Kier molecular flexibility index (Phi) is 15.0. The van der Waals surface area contributed by atoms with Crippen molar-refractivity contribution >= 4 is 42.1 Å². The number of hydrogen-bond acceptors (Lipinski definition) is 5. The summed E-state index contributed by atoms with van der Waals surface area (Å²) in [7, 11) is 0. The third kappa shape index (κ3) is 10.9. The number of ether oxygens (including phenoxy) is 1. The van der Waals surface area contributed by atoms with Crippen LogP contribution in [0.1, 0.15) is 22.5 Å². The van der Waals surface area contributed by atoms with Crippen molar-refractivity contribution < 1.29 is 4.74 Å². The standard InChI is InChI=1S/C49H38N4O.C6H6.C4H6/c1-4-6-17-35-19-12-23-38(32-35)48-51-45(30-13-21-36-20-8-7-16-33(36)3)52-49(53-48)41-26-15-29-44-46(41)40-25-14-28-43(47(40)54-44)50-42-27-10-9-24-39(42)37-22-11-18-34(5-2)31-37;1-2-4-6-5-3-1;1-3-4-2/h4-32,43,47,50H,1-3H2;1-6H;3-4H,1-2H2/b17-6-,30-13+,36-21-;;. The number of fused-ring (bicyclic) bond motifs is 3. The summed E-state index contributed by atoms with van der Waals surface area (Å²) in [6, 6.07) is 50.9. The van der Waals surface area contributed by atoms with Gasteiger partial charge in [-0.05, 0) is 57.5 Å². The molecule has 7 aromatic rings. The van der Waals surface area contributed by atoms with Crippen molar-refractivity contribution in [1.82, 2.24) is 15.0 Å². The van der Waals surface area contributed by atoms with Gasteiger partial charge in [0.1, 0.15) is 11.9 Å². The average Bonchev–Trinajstić information content (AvgIpc) is 3.75. The van der Waals surface area contributed by atoms with E-state index in [0.29, 0.717) is 17.5 Å². The van der Waals surface area contributed by atoms with Gasteiger partial charge in [-0.15, -0.1) is 0 Å². The normalized spacial score (nSPS) is 14.7. The largest absolute Gasteiger partial charge is 0.483 e. The molecule has 0 saturated carbocycles. The van der Waals surface area contributed by atoms with E-state index in [-0.39, 0.29) is 12.1 Å². The molecule has 0 fully saturated rings. The van der Waals surface area contributed by atoms with E-state index >= 15 is 0 Å². The number of rotatable bonds is 11. The SMILES string of the molecule is C=C/C=C\c1cccc(-c2nc(/C=C/C=c3/ccccc3=C)nc(-c3cccc4c3C3=CC=CC(Nc5ccccc5-c5cccc(C=C)c5)C3O4)n2)c1.C=CC=C.c1ccccc1. The highest BCUT2D eigenvalue weighted by Gasteiger charge is 2.38. The summed E-state index contributed by atoms with van der Waals surface area (Å²) in [6.07, 6.45) is 22.9. The minimum absolute atomic E-state index is 0.126. The molecule has 1 aromatic heterocycles. The quantitative estimate of drug-likeness (QED) is 0.132. The first-order valence-electron chi connectivity index (χ1n) is 21.1. The predicted molar refractivity (Wildman–Crippen MR) is 272 cm³/mol. The van der Waals surface area contributed by atoms with Crippen LogP contribution < -0.4 is 20.5 Å². The molecule has 2 atom stereocenters. The summed E-state index contributed by atoms with van der Waals surface area (Å²) in [5.74, 6) is 2.48. The monoisotopic (exact) mass is 830 g/mol. The molecule has 0 spiro atoms. The number of hydrogen-bond donors (Lipinski definition) is 1. The van der Waals surface area contributed by atoms with Crippen LogP contribution in [0.2, 0.25) is 0 Å². The van der Waals surface area contributed by atoms with Gasteiger partial charge in [-0.1, -0.05) is 227 Å². The Hall–Kier alpha value is -8.41. The highest BCUT2D eigenvalue weighted by Crippen LogP contribution is 2.46. The van der Waals surface area contributed by atoms with Crippen LogP contribution in [0.3, 0.4) is 0 Å². The fourth-order valence-corrected chi connectivity index (χ4v) is 7.27. The average molecular weight is 831 g/mol. The predicted octanol–water partition coefficient (Wildman–Crippen LogP) is 12.9. The minimum atomic E-state index is -0.259. The van der Waals surface area contributed by atoms with Crippen LogP contribution in [0.5, 0.6) is 5.75 Å². The Morgan fingerprint density at radius 3 is 2.00 bits per heavy atom. The van der Waals surface area contributed by atoms with Gasteiger partial charge in [-0.2, -0.15) is 0 Å². The summed E-state index contributed by atoms with van der Waals surface area (Å²) < 4.78 is 6.76. The van der Waals surface area contributed by atoms with Gasteiger partial charge < -0.3 is 10.1 Å². The van der Waals surface area contributed by atoms with Crippen molar-refractivity contribution in [1.29, 1.82) is 0 Å². The van der Waals surface area contributed by atoms with Crippen LogP contribution in [-0.2, 0) is 0 Å². The second kappa shape index (κ2) is 21.9. The maximum absolute atomic E-state index is 6.76. The third-order valence-corrected chi connectivity index (χ3v) is 10.4. The van der Waals surface area contributed by atoms with E-state index in [9.17, 15) is 0 Å². The van der Waals surface area contributed by atoms with Crippen LogP contribution in [0.4, 0.5) is 5.69 Å². The Labute approximate surface area is 376 Å². The smallest absolute Gasteiger partial charge is 0.164 e. The number of aromatic nitrogens is 3. The van der Waals surface area contributed by atoms with E-state index in [1.165, 1.54) is 0 Å². The first-order chi connectivity index (χ1) is 31.5. The lowest BCUT2D eigenvalue weighted by molar-refractivity contribution is 0.266. The molecule has 5 heteroatoms. The van der Waals surface area contributed by atoms with Gasteiger partial charge in [0.15, 0.2) is 17.5 Å².